The van der Waals surface area contributed by atoms with Gasteiger partial charge in [0, 0.05) is 0 Å². The Morgan fingerprint density at radius 3 is 2.00 bits per heavy atom. The molecule has 0 aromatic heterocycles. The fourth-order valence-corrected chi connectivity index (χ4v) is 0.606. The van der Waals surface area contributed by atoms with Crippen molar-refractivity contribution in [2.45, 2.75) is 34.1 Å². The number of ether oxygens (including phenoxy) is 1. The normalized spacial score (nSPS) is 10.6. The molecule has 0 N–H and O–H groups in total. The molecule has 0 heterocycles. The Kier molecular flexibility index (Phi) is 10.9. The van der Waals surface area contributed by atoms with Crippen LogP contribution in [0, 0.1) is 0 Å². The Hall–Kier alpha value is -0.720. The van der Waals surface area contributed by atoms with E-state index >= 15 is 0 Å². The van der Waals surface area contributed by atoms with E-state index in [0.717, 1.165) is 12.2 Å². The van der Waals surface area contributed by atoms with Gasteiger partial charge >= 0.3 is 0 Å². The van der Waals surface area contributed by atoms with Gasteiger partial charge in [-0.3, -0.25) is 0 Å². The van der Waals surface area contributed by atoms with Crippen molar-refractivity contribution in [1.29, 1.82) is 0 Å². The summed E-state index contributed by atoms with van der Waals surface area (Å²) >= 11 is 0. The smallest absolute Gasteiger partial charge is 0.117 e. The van der Waals surface area contributed by atoms with Gasteiger partial charge in [0.05, 0.1) is 7.11 Å². The minimum absolute atomic E-state index is 0.900. The van der Waals surface area contributed by atoms with Gasteiger partial charge in [-0.1, -0.05) is 27.4 Å². The number of hydrogen-bond acceptors (Lipinski definition) is 1. The number of hydrogen-bond donors (Lipinski definition) is 0. The number of methoxy groups -OCH3 is 1. The van der Waals surface area contributed by atoms with Crippen molar-refractivity contribution >= 4 is 0 Å². The van der Waals surface area contributed by atoms with E-state index in [-0.39, 0.29) is 0 Å². The summed E-state index contributed by atoms with van der Waals surface area (Å²) in [5.74, 6) is 0.900. The quantitative estimate of drug-likeness (QED) is 0.448. The van der Waals surface area contributed by atoms with Crippen LogP contribution in [0.15, 0.2) is 24.0 Å². The van der Waals surface area contributed by atoms with Crippen molar-refractivity contribution in [3.05, 3.63) is 24.0 Å². The summed E-state index contributed by atoms with van der Waals surface area (Å²) in [5, 5.41) is 0. The highest BCUT2D eigenvalue weighted by Gasteiger charge is 1.92. The maximum atomic E-state index is 5.01. The third-order valence-corrected chi connectivity index (χ3v) is 1.36. The van der Waals surface area contributed by atoms with Gasteiger partial charge in [-0.25, -0.2) is 0 Å². The lowest BCUT2D eigenvalue weighted by atomic mass is 10.2. The van der Waals surface area contributed by atoms with Crippen LogP contribution >= 0.6 is 0 Å². The maximum absolute atomic E-state index is 5.01. The fourth-order valence-electron chi connectivity index (χ4n) is 0.606. The van der Waals surface area contributed by atoms with Crippen LogP contribution in [0.1, 0.15) is 34.1 Å². The summed E-state index contributed by atoms with van der Waals surface area (Å²) in [6.07, 6.45) is 2.76. The molecule has 0 aliphatic carbocycles. The average molecular weight is 156 g/mol. The van der Waals surface area contributed by atoms with E-state index in [4.69, 9.17) is 4.74 Å². The zero-order valence-corrected chi connectivity index (χ0v) is 8.40. The molecule has 0 aliphatic rings. The second-order valence-electron chi connectivity index (χ2n) is 1.91. The Morgan fingerprint density at radius 1 is 1.45 bits per heavy atom. The second kappa shape index (κ2) is 9.28. The minimum atomic E-state index is 0.900. The first-order valence-corrected chi connectivity index (χ1v) is 4.12. The van der Waals surface area contributed by atoms with Crippen molar-refractivity contribution in [1.82, 2.24) is 0 Å². The third kappa shape index (κ3) is 5.71. The van der Waals surface area contributed by atoms with Gasteiger partial charge in [-0.2, -0.15) is 0 Å². The Bertz CT molecular complexity index is 123. The van der Waals surface area contributed by atoms with Gasteiger partial charge in [0.2, 0.25) is 0 Å². The highest BCUT2D eigenvalue weighted by atomic mass is 16.5. The zero-order valence-electron chi connectivity index (χ0n) is 8.40. The number of allylic oxidation sites excluding steroid dienone is 2. The van der Waals surface area contributed by atoms with Crippen LogP contribution in [0.3, 0.4) is 0 Å². The standard InChI is InChI=1S/C8H14O.C2H6/c1-5-7(3)8(6-2)9-4;1-2/h6H,2,5H2,1,3-4H3;1-2H3/b8-7+;. The van der Waals surface area contributed by atoms with Crippen molar-refractivity contribution in [2.75, 3.05) is 7.11 Å². The first kappa shape index (κ1) is 12.9. The zero-order chi connectivity index (χ0) is 9.28. The molecule has 0 unspecified atom stereocenters. The summed E-state index contributed by atoms with van der Waals surface area (Å²) in [6, 6.07) is 0. The molecule has 66 valence electrons. The third-order valence-electron chi connectivity index (χ3n) is 1.36. The van der Waals surface area contributed by atoms with E-state index < -0.39 is 0 Å². The molecule has 0 fully saturated rings. The van der Waals surface area contributed by atoms with Crippen molar-refractivity contribution < 1.29 is 4.74 Å². The monoisotopic (exact) mass is 156 g/mol. The molecule has 0 spiro atoms. The minimum Gasteiger partial charge on any atom is -0.497 e. The molecule has 0 aromatic carbocycles. The number of rotatable bonds is 3. The summed E-state index contributed by atoms with van der Waals surface area (Å²) in [6.45, 7) is 11.8. The van der Waals surface area contributed by atoms with Crippen LogP contribution in [0.5, 0.6) is 0 Å². The molecule has 11 heavy (non-hydrogen) atoms. The molecule has 0 bridgehead atoms. The largest absolute Gasteiger partial charge is 0.497 e. The predicted octanol–water partition coefficient (Wildman–Crippen LogP) is 3.53. The Morgan fingerprint density at radius 2 is 1.91 bits per heavy atom. The van der Waals surface area contributed by atoms with Crippen LogP contribution in [0.2, 0.25) is 0 Å². The molecular weight excluding hydrogens is 136 g/mol. The van der Waals surface area contributed by atoms with E-state index in [1.165, 1.54) is 5.57 Å². The van der Waals surface area contributed by atoms with Crippen LogP contribution in [-0.4, -0.2) is 7.11 Å². The van der Waals surface area contributed by atoms with E-state index in [1.807, 2.05) is 20.8 Å². The van der Waals surface area contributed by atoms with E-state index in [0.29, 0.717) is 0 Å². The van der Waals surface area contributed by atoms with Crippen LogP contribution in [0.25, 0.3) is 0 Å². The van der Waals surface area contributed by atoms with Crippen molar-refractivity contribution in [3.8, 4) is 0 Å². The molecule has 1 nitrogen and oxygen atoms in total. The summed E-state index contributed by atoms with van der Waals surface area (Å²) in [4.78, 5) is 0. The molecule has 0 rings (SSSR count). The van der Waals surface area contributed by atoms with Gasteiger partial charge < -0.3 is 4.74 Å². The maximum Gasteiger partial charge on any atom is 0.117 e. The molecule has 0 saturated heterocycles. The Labute approximate surface area is 70.8 Å². The van der Waals surface area contributed by atoms with E-state index in [9.17, 15) is 0 Å². The topological polar surface area (TPSA) is 9.23 Å². The summed E-state index contributed by atoms with van der Waals surface area (Å²) in [7, 11) is 1.66. The molecule has 0 amide bonds. The highest BCUT2D eigenvalue weighted by molar-refractivity contribution is 5.15. The van der Waals surface area contributed by atoms with Gasteiger partial charge in [-0.15, -0.1) is 0 Å². The van der Waals surface area contributed by atoms with Crippen molar-refractivity contribution in [2.24, 2.45) is 0 Å². The molecule has 1 heteroatoms. The van der Waals surface area contributed by atoms with Crippen LogP contribution < -0.4 is 0 Å². The molecule has 0 aliphatic heterocycles. The lowest BCUT2D eigenvalue weighted by Crippen LogP contribution is -1.85. The molecule has 0 saturated carbocycles. The van der Waals surface area contributed by atoms with Crippen molar-refractivity contribution in [3.63, 3.8) is 0 Å². The van der Waals surface area contributed by atoms with Gasteiger partial charge in [-0.05, 0) is 25.0 Å². The molecule has 0 radical (unpaired) electrons. The van der Waals surface area contributed by atoms with E-state index in [1.54, 1.807) is 13.2 Å². The second-order valence-corrected chi connectivity index (χ2v) is 1.91. The van der Waals surface area contributed by atoms with Crippen LogP contribution in [-0.2, 0) is 4.74 Å². The molecular formula is C10H20O. The van der Waals surface area contributed by atoms with Gasteiger partial charge in [0.15, 0.2) is 0 Å². The average Bonchev–Trinajstić information content (AvgIpc) is 2.10. The van der Waals surface area contributed by atoms with Crippen LogP contribution in [0.4, 0.5) is 0 Å². The first-order valence-electron chi connectivity index (χ1n) is 4.12. The fraction of sp³-hybridized carbons (Fsp3) is 0.600. The first-order chi connectivity index (χ1) is 5.26. The van der Waals surface area contributed by atoms with E-state index in [2.05, 4.69) is 13.5 Å². The molecule has 0 aromatic rings. The van der Waals surface area contributed by atoms with Gasteiger partial charge in [0.25, 0.3) is 0 Å². The Balaban J connectivity index is 0. The summed E-state index contributed by atoms with van der Waals surface area (Å²) in [5.41, 5.74) is 1.24. The summed E-state index contributed by atoms with van der Waals surface area (Å²) < 4.78 is 5.01. The SMILES string of the molecule is C=C/C(OC)=C(/C)CC.CC. The lowest BCUT2D eigenvalue weighted by Gasteiger charge is -2.02. The predicted molar refractivity (Wildman–Crippen MR) is 51.5 cm³/mol. The van der Waals surface area contributed by atoms with Gasteiger partial charge in [0.1, 0.15) is 5.76 Å². The molecule has 0 atom stereocenters. The lowest BCUT2D eigenvalue weighted by molar-refractivity contribution is 0.301. The highest BCUT2D eigenvalue weighted by Crippen LogP contribution is 2.08.